The smallest absolute Gasteiger partial charge is 0.337 e. The fourth-order valence-electron chi connectivity index (χ4n) is 4.39. The first-order valence-electron chi connectivity index (χ1n) is 11.7. The minimum atomic E-state index is -5.09. The minimum absolute atomic E-state index is 0.0231. The van der Waals surface area contributed by atoms with E-state index >= 15 is 0 Å². The van der Waals surface area contributed by atoms with Gasteiger partial charge in [0.1, 0.15) is 11.4 Å². The summed E-state index contributed by atoms with van der Waals surface area (Å²) in [6.45, 7) is 1.44. The highest BCUT2D eigenvalue weighted by Crippen LogP contribution is 2.39. The summed E-state index contributed by atoms with van der Waals surface area (Å²) in [7, 11) is 0. The lowest BCUT2D eigenvalue weighted by molar-refractivity contribution is -0.140. The lowest BCUT2D eigenvalue weighted by Crippen LogP contribution is -2.49. The third-order valence-electron chi connectivity index (χ3n) is 6.24. The summed E-state index contributed by atoms with van der Waals surface area (Å²) < 4.78 is 95.7. The molecule has 4 rings (SSSR count). The van der Waals surface area contributed by atoms with E-state index in [0.717, 1.165) is 18.2 Å². The zero-order chi connectivity index (χ0) is 29.3. The molecule has 208 valence electrons. The number of carbonyl (C=O) groups excluding carboxylic acids is 1. The molecule has 1 amide bonds. The fraction of sp³-hybridized carbons (Fsp3) is 0.172. The van der Waals surface area contributed by atoms with Crippen LogP contribution in [0.4, 0.5) is 30.7 Å². The molecule has 0 saturated heterocycles. The van der Waals surface area contributed by atoms with Gasteiger partial charge in [-0.05, 0) is 60.5 Å². The predicted octanol–water partition coefficient (Wildman–Crippen LogP) is 8.14. The van der Waals surface area contributed by atoms with Crippen LogP contribution in [0.2, 0.25) is 5.02 Å². The van der Waals surface area contributed by atoms with Crippen LogP contribution in [0.25, 0.3) is 0 Å². The molecular formula is C29H20ClF7N2O. The van der Waals surface area contributed by atoms with E-state index in [1.54, 1.807) is 30.3 Å². The largest absolute Gasteiger partial charge is 0.419 e. The topological polar surface area (TPSA) is 42.0 Å². The molecule has 0 aliphatic rings. The van der Waals surface area contributed by atoms with E-state index in [1.807, 2.05) is 0 Å². The van der Waals surface area contributed by atoms with E-state index in [-0.39, 0.29) is 28.3 Å². The molecule has 1 heterocycles. The van der Waals surface area contributed by atoms with Crippen molar-refractivity contribution in [3.05, 3.63) is 135 Å². The fourth-order valence-corrected chi connectivity index (χ4v) is 4.51. The van der Waals surface area contributed by atoms with Crippen LogP contribution in [-0.4, -0.2) is 10.9 Å². The van der Waals surface area contributed by atoms with Crippen LogP contribution in [0.5, 0.6) is 0 Å². The number of rotatable bonds is 6. The van der Waals surface area contributed by atoms with E-state index in [0.29, 0.717) is 17.7 Å². The Hall–Kier alpha value is -3.92. The third-order valence-corrected chi connectivity index (χ3v) is 6.46. The number of benzene rings is 3. The molecule has 0 radical (unpaired) electrons. The second-order valence-electron chi connectivity index (χ2n) is 9.16. The number of carbonyl (C=O) groups is 1. The van der Waals surface area contributed by atoms with Crippen molar-refractivity contribution in [3.8, 4) is 0 Å². The summed E-state index contributed by atoms with van der Waals surface area (Å²) in [5.41, 5.74) is -4.18. The van der Waals surface area contributed by atoms with Gasteiger partial charge in [0, 0.05) is 18.2 Å². The Kier molecular flexibility index (Phi) is 7.94. The lowest BCUT2D eigenvalue weighted by Gasteiger charge is -2.36. The second kappa shape index (κ2) is 10.9. The molecule has 3 nitrogen and oxygen atoms in total. The van der Waals surface area contributed by atoms with Crippen molar-refractivity contribution in [1.29, 1.82) is 0 Å². The van der Waals surface area contributed by atoms with Gasteiger partial charge < -0.3 is 5.32 Å². The first-order chi connectivity index (χ1) is 18.7. The summed E-state index contributed by atoms with van der Waals surface area (Å²) in [5, 5.41) is 2.86. The maximum Gasteiger partial charge on any atom is 0.419 e. The van der Waals surface area contributed by atoms with Crippen molar-refractivity contribution in [3.63, 3.8) is 0 Å². The number of aromatic nitrogens is 1. The summed E-state index contributed by atoms with van der Waals surface area (Å²) in [4.78, 5) is 17.8. The zero-order valence-electron chi connectivity index (χ0n) is 20.7. The summed E-state index contributed by atoms with van der Waals surface area (Å²) >= 11 is 6.01. The molecule has 0 aliphatic heterocycles. The predicted molar refractivity (Wildman–Crippen MR) is 135 cm³/mol. The standard InChI is InChI=1S/C29H20ClF7N2O/c1-17-11-20(14-21(12-17)28(32,33)34)27(15-18-5-3-2-4-6-18,25-10-8-22(30)16-38-25)39-26(40)19-7-9-24(31)23(13-19)29(35,36)37/h2-14,16H,15H2,1H3,(H,39,40). The highest BCUT2D eigenvalue weighted by atomic mass is 35.5. The molecule has 3 aromatic carbocycles. The first-order valence-corrected chi connectivity index (χ1v) is 12.1. The Morgan fingerprint density at radius 2 is 1.52 bits per heavy atom. The average Bonchev–Trinajstić information content (AvgIpc) is 2.88. The van der Waals surface area contributed by atoms with Gasteiger partial charge in [-0.3, -0.25) is 9.78 Å². The van der Waals surface area contributed by atoms with Crippen molar-refractivity contribution in [2.75, 3.05) is 0 Å². The van der Waals surface area contributed by atoms with Gasteiger partial charge in [-0.2, -0.15) is 26.3 Å². The molecule has 1 atom stereocenters. The van der Waals surface area contributed by atoms with Gasteiger partial charge >= 0.3 is 12.4 Å². The van der Waals surface area contributed by atoms with Crippen LogP contribution in [-0.2, 0) is 24.3 Å². The number of hydrogen-bond donors (Lipinski definition) is 1. The first kappa shape index (κ1) is 29.1. The van der Waals surface area contributed by atoms with Gasteiger partial charge in [0.15, 0.2) is 0 Å². The molecule has 0 spiro atoms. The van der Waals surface area contributed by atoms with Gasteiger partial charge in [-0.25, -0.2) is 4.39 Å². The molecule has 11 heteroatoms. The van der Waals surface area contributed by atoms with Gasteiger partial charge in [-0.15, -0.1) is 0 Å². The molecule has 4 aromatic rings. The highest BCUT2D eigenvalue weighted by Gasteiger charge is 2.41. The Balaban J connectivity index is 1.98. The Morgan fingerprint density at radius 1 is 0.850 bits per heavy atom. The zero-order valence-corrected chi connectivity index (χ0v) is 21.4. The average molecular weight is 581 g/mol. The Bertz CT molecular complexity index is 1520. The van der Waals surface area contributed by atoms with Crippen LogP contribution in [0.3, 0.4) is 0 Å². The Labute approximate surface area is 229 Å². The maximum absolute atomic E-state index is 13.9. The normalized spacial score (nSPS) is 13.5. The monoisotopic (exact) mass is 580 g/mol. The summed E-state index contributed by atoms with van der Waals surface area (Å²) in [6, 6.07) is 16.2. The molecule has 1 unspecified atom stereocenters. The maximum atomic E-state index is 13.9. The van der Waals surface area contributed by atoms with Crippen molar-refractivity contribution in [2.24, 2.45) is 0 Å². The molecule has 0 saturated carbocycles. The number of alkyl halides is 6. The molecule has 0 fully saturated rings. The van der Waals surface area contributed by atoms with E-state index in [4.69, 9.17) is 11.6 Å². The molecule has 1 N–H and O–H groups in total. The number of amides is 1. The van der Waals surface area contributed by atoms with Crippen molar-refractivity contribution in [2.45, 2.75) is 31.2 Å². The van der Waals surface area contributed by atoms with Gasteiger partial charge in [0.2, 0.25) is 0 Å². The number of hydrogen-bond acceptors (Lipinski definition) is 2. The highest BCUT2D eigenvalue weighted by molar-refractivity contribution is 6.30. The number of nitrogens with zero attached hydrogens (tertiary/aromatic N) is 1. The van der Waals surface area contributed by atoms with Gasteiger partial charge in [0.25, 0.3) is 5.91 Å². The quantitative estimate of drug-likeness (QED) is 0.234. The number of pyridine rings is 1. The molecule has 0 aliphatic carbocycles. The number of nitrogens with one attached hydrogen (secondary N) is 1. The SMILES string of the molecule is Cc1cc(C(F)(F)F)cc(C(Cc2ccccc2)(NC(=O)c2ccc(F)c(C(F)(F)F)c2)c2ccc(Cl)cn2)c1. The van der Waals surface area contributed by atoms with Crippen molar-refractivity contribution < 1.29 is 35.5 Å². The minimum Gasteiger partial charge on any atom is -0.337 e. The number of halogens is 8. The summed E-state index contributed by atoms with van der Waals surface area (Å²) in [5.74, 6) is -2.67. The van der Waals surface area contributed by atoms with E-state index < -0.39 is 46.3 Å². The van der Waals surface area contributed by atoms with Crippen molar-refractivity contribution in [1.82, 2.24) is 10.3 Å². The van der Waals surface area contributed by atoms with Crippen LogP contribution >= 0.6 is 11.6 Å². The van der Waals surface area contributed by atoms with E-state index in [1.165, 1.54) is 31.3 Å². The molecule has 0 bridgehead atoms. The van der Waals surface area contributed by atoms with Crippen LogP contribution in [0.1, 0.15) is 43.9 Å². The van der Waals surface area contributed by atoms with Gasteiger partial charge in [0.05, 0.1) is 21.8 Å². The second-order valence-corrected chi connectivity index (χ2v) is 9.60. The Morgan fingerprint density at radius 3 is 2.12 bits per heavy atom. The van der Waals surface area contributed by atoms with Crippen LogP contribution in [0, 0.1) is 12.7 Å². The van der Waals surface area contributed by atoms with E-state index in [9.17, 15) is 35.5 Å². The van der Waals surface area contributed by atoms with Crippen LogP contribution in [0.15, 0.2) is 85.1 Å². The lowest BCUT2D eigenvalue weighted by atomic mass is 9.79. The van der Waals surface area contributed by atoms with Crippen LogP contribution < -0.4 is 5.32 Å². The third kappa shape index (κ3) is 6.28. The summed E-state index contributed by atoms with van der Waals surface area (Å²) in [6.07, 6.45) is -8.72. The molecule has 1 aromatic heterocycles. The van der Waals surface area contributed by atoms with E-state index in [2.05, 4.69) is 10.3 Å². The molecule has 40 heavy (non-hydrogen) atoms. The molecular weight excluding hydrogens is 561 g/mol. The van der Waals surface area contributed by atoms with Gasteiger partial charge in [-0.1, -0.05) is 53.6 Å². The van der Waals surface area contributed by atoms with Crippen molar-refractivity contribution >= 4 is 17.5 Å². The number of aryl methyl sites for hydroxylation is 1.